The Bertz CT molecular complexity index is 982. The van der Waals surface area contributed by atoms with E-state index in [0.717, 1.165) is 0 Å². The number of rotatable bonds is 9. The number of anilines is 1. The van der Waals surface area contributed by atoms with E-state index >= 15 is 0 Å². The number of nitrogens with one attached hydrogen (secondary N) is 2. The lowest BCUT2D eigenvalue weighted by atomic mass is 10.0. The summed E-state index contributed by atoms with van der Waals surface area (Å²) in [5.41, 5.74) is 1.99. The van der Waals surface area contributed by atoms with Gasteiger partial charge in [-0.15, -0.1) is 0 Å². The molecule has 0 bridgehead atoms. The summed E-state index contributed by atoms with van der Waals surface area (Å²) in [6.45, 7) is 8.15. The first-order valence-corrected chi connectivity index (χ1v) is 11.4. The van der Waals surface area contributed by atoms with Crippen molar-refractivity contribution in [3.63, 3.8) is 0 Å². The first-order chi connectivity index (χ1) is 14.2. The molecule has 0 saturated carbocycles. The summed E-state index contributed by atoms with van der Waals surface area (Å²) in [6.07, 6.45) is 0. The fourth-order valence-electron chi connectivity index (χ4n) is 2.93. The molecule has 0 spiro atoms. The SMILES string of the molecule is CCN(CC)S(=O)(=O)c1cccc(C(=O)NCC(=O)Nc2ccc(C(C)C)cc2)c1. The van der Waals surface area contributed by atoms with E-state index in [9.17, 15) is 18.0 Å². The van der Waals surface area contributed by atoms with E-state index in [2.05, 4.69) is 24.5 Å². The maximum atomic E-state index is 12.6. The highest BCUT2D eigenvalue weighted by Gasteiger charge is 2.22. The zero-order valence-electron chi connectivity index (χ0n) is 17.8. The van der Waals surface area contributed by atoms with Crippen molar-refractivity contribution in [1.29, 1.82) is 0 Å². The van der Waals surface area contributed by atoms with Gasteiger partial charge in [-0.1, -0.05) is 45.9 Å². The van der Waals surface area contributed by atoms with Crippen molar-refractivity contribution in [2.45, 2.75) is 38.5 Å². The smallest absolute Gasteiger partial charge is 0.251 e. The van der Waals surface area contributed by atoms with Crippen molar-refractivity contribution >= 4 is 27.5 Å². The fourth-order valence-corrected chi connectivity index (χ4v) is 4.43. The fraction of sp³-hybridized carbons (Fsp3) is 0.364. The molecule has 2 aromatic carbocycles. The molecule has 0 aromatic heterocycles. The lowest BCUT2D eigenvalue weighted by Gasteiger charge is -2.18. The van der Waals surface area contributed by atoms with Crippen LogP contribution in [0.15, 0.2) is 53.4 Å². The highest BCUT2D eigenvalue weighted by atomic mass is 32.2. The van der Waals surface area contributed by atoms with Crippen LogP contribution in [0.3, 0.4) is 0 Å². The minimum Gasteiger partial charge on any atom is -0.343 e. The molecule has 2 rings (SSSR count). The van der Waals surface area contributed by atoms with Crippen LogP contribution < -0.4 is 10.6 Å². The number of amides is 2. The van der Waals surface area contributed by atoms with E-state index in [0.29, 0.717) is 24.7 Å². The lowest BCUT2D eigenvalue weighted by molar-refractivity contribution is -0.115. The van der Waals surface area contributed by atoms with Crippen LogP contribution in [0.25, 0.3) is 0 Å². The predicted octanol–water partition coefficient (Wildman–Crippen LogP) is 3.21. The van der Waals surface area contributed by atoms with E-state index in [-0.39, 0.29) is 22.9 Å². The third-order valence-electron chi connectivity index (χ3n) is 4.71. The summed E-state index contributed by atoms with van der Waals surface area (Å²) >= 11 is 0. The maximum absolute atomic E-state index is 12.6. The standard InChI is InChI=1S/C22H29N3O4S/c1-5-25(6-2)30(28,29)20-9-7-8-18(14-20)22(27)23-15-21(26)24-19-12-10-17(11-13-19)16(3)4/h7-14,16H,5-6,15H2,1-4H3,(H,23,27)(H,24,26). The molecule has 0 radical (unpaired) electrons. The number of sulfonamides is 1. The minimum atomic E-state index is -3.66. The Morgan fingerprint density at radius 3 is 2.20 bits per heavy atom. The van der Waals surface area contributed by atoms with E-state index < -0.39 is 15.9 Å². The first-order valence-electron chi connectivity index (χ1n) is 9.97. The Labute approximate surface area is 178 Å². The summed E-state index contributed by atoms with van der Waals surface area (Å²) < 4.78 is 26.6. The van der Waals surface area contributed by atoms with Gasteiger partial charge in [0.05, 0.1) is 11.4 Å². The molecule has 0 atom stereocenters. The van der Waals surface area contributed by atoms with Crippen LogP contribution >= 0.6 is 0 Å². The van der Waals surface area contributed by atoms with E-state index in [1.54, 1.807) is 13.8 Å². The Morgan fingerprint density at radius 1 is 1.00 bits per heavy atom. The van der Waals surface area contributed by atoms with Gasteiger partial charge in [0.2, 0.25) is 15.9 Å². The second-order valence-electron chi connectivity index (χ2n) is 7.12. The molecule has 0 saturated heterocycles. The van der Waals surface area contributed by atoms with Gasteiger partial charge in [-0.25, -0.2) is 8.42 Å². The highest BCUT2D eigenvalue weighted by Crippen LogP contribution is 2.18. The van der Waals surface area contributed by atoms with Crippen LogP contribution in [0.4, 0.5) is 5.69 Å². The molecule has 2 aromatic rings. The number of nitrogens with zero attached hydrogens (tertiary/aromatic N) is 1. The monoisotopic (exact) mass is 431 g/mol. The molecule has 0 heterocycles. The second-order valence-corrected chi connectivity index (χ2v) is 9.06. The molecule has 0 aliphatic rings. The van der Waals surface area contributed by atoms with Gasteiger partial charge in [0, 0.05) is 24.3 Å². The van der Waals surface area contributed by atoms with Crippen LogP contribution in [0.2, 0.25) is 0 Å². The summed E-state index contributed by atoms with van der Waals surface area (Å²) in [5, 5.41) is 5.25. The molecule has 8 heteroatoms. The Kier molecular flexibility index (Phi) is 8.14. The largest absolute Gasteiger partial charge is 0.343 e. The number of hydrogen-bond acceptors (Lipinski definition) is 4. The average molecular weight is 432 g/mol. The van der Waals surface area contributed by atoms with E-state index in [1.165, 1.54) is 34.1 Å². The number of carbonyl (C=O) groups is 2. The zero-order chi connectivity index (χ0) is 22.3. The molecule has 2 N–H and O–H groups in total. The van der Waals surface area contributed by atoms with E-state index in [1.807, 2.05) is 24.3 Å². The molecule has 162 valence electrons. The van der Waals surface area contributed by atoms with Gasteiger partial charge in [-0.3, -0.25) is 9.59 Å². The summed E-state index contributed by atoms with van der Waals surface area (Å²) in [5.74, 6) is -0.486. The predicted molar refractivity (Wildman–Crippen MR) is 118 cm³/mol. The molecule has 0 aliphatic heterocycles. The average Bonchev–Trinajstić information content (AvgIpc) is 2.73. The van der Waals surface area contributed by atoms with Crippen LogP contribution in [-0.2, 0) is 14.8 Å². The first kappa shape index (κ1) is 23.6. The molecule has 30 heavy (non-hydrogen) atoms. The van der Waals surface area contributed by atoms with Gasteiger partial charge >= 0.3 is 0 Å². The molecule has 2 amide bonds. The molecular formula is C22H29N3O4S. The normalized spacial score (nSPS) is 11.5. The maximum Gasteiger partial charge on any atom is 0.251 e. The van der Waals surface area contributed by atoms with Gasteiger partial charge in [0.1, 0.15) is 0 Å². The van der Waals surface area contributed by atoms with Crippen molar-refractivity contribution in [3.05, 3.63) is 59.7 Å². The Hall–Kier alpha value is -2.71. The summed E-state index contributed by atoms with van der Waals surface area (Å²) in [4.78, 5) is 24.6. The van der Waals surface area contributed by atoms with Crippen LogP contribution in [0.5, 0.6) is 0 Å². The molecule has 0 unspecified atom stereocenters. The Balaban J connectivity index is 2.00. The number of benzene rings is 2. The van der Waals surface area contributed by atoms with Crippen molar-refractivity contribution < 1.29 is 18.0 Å². The van der Waals surface area contributed by atoms with Crippen LogP contribution in [0.1, 0.15) is 49.5 Å². The third kappa shape index (κ3) is 5.90. The Morgan fingerprint density at radius 2 is 1.63 bits per heavy atom. The summed E-state index contributed by atoms with van der Waals surface area (Å²) in [7, 11) is -3.66. The molecule has 7 nitrogen and oxygen atoms in total. The molecule has 0 aliphatic carbocycles. The number of carbonyl (C=O) groups excluding carboxylic acids is 2. The highest BCUT2D eigenvalue weighted by molar-refractivity contribution is 7.89. The van der Waals surface area contributed by atoms with Gasteiger partial charge in [0.25, 0.3) is 5.91 Å². The van der Waals surface area contributed by atoms with Gasteiger partial charge in [-0.05, 0) is 41.8 Å². The van der Waals surface area contributed by atoms with Gasteiger partial charge in [0.15, 0.2) is 0 Å². The van der Waals surface area contributed by atoms with Crippen molar-refractivity contribution in [3.8, 4) is 0 Å². The molecular weight excluding hydrogens is 402 g/mol. The summed E-state index contributed by atoms with van der Waals surface area (Å²) in [6, 6.07) is 13.3. The molecule has 0 fully saturated rings. The topological polar surface area (TPSA) is 95.6 Å². The minimum absolute atomic E-state index is 0.0496. The van der Waals surface area contributed by atoms with Crippen molar-refractivity contribution in [2.75, 3.05) is 25.0 Å². The van der Waals surface area contributed by atoms with Crippen LogP contribution in [0, 0.1) is 0 Å². The van der Waals surface area contributed by atoms with Gasteiger partial charge < -0.3 is 10.6 Å². The van der Waals surface area contributed by atoms with Crippen molar-refractivity contribution in [1.82, 2.24) is 9.62 Å². The van der Waals surface area contributed by atoms with Crippen LogP contribution in [-0.4, -0.2) is 44.2 Å². The van der Waals surface area contributed by atoms with Gasteiger partial charge in [-0.2, -0.15) is 4.31 Å². The van der Waals surface area contributed by atoms with E-state index in [4.69, 9.17) is 0 Å². The number of hydrogen-bond donors (Lipinski definition) is 2. The second kappa shape index (κ2) is 10.4. The zero-order valence-corrected chi connectivity index (χ0v) is 18.6. The lowest BCUT2D eigenvalue weighted by Crippen LogP contribution is -2.33. The third-order valence-corrected chi connectivity index (χ3v) is 6.76. The quantitative estimate of drug-likeness (QED) is 0.637. The van der Waals surface area contributed by atoms with Crippen molar-refractivity contribution in [2.24, 2.45) is 0 Å².